The lowest BCUT2D eigenvalue weighted by Crippen LogP contribution is -2.41. The van der Waals surface area contributed by atoms with Crippen LogP contribution in [0.2, 0.25) is 0 Å². The SMILES string of the molecule is C=CCCC(C)(C)COC(=O)N1C(=O)CC[C@H]1Cc1ccccc1. The molecule has 1 aliphatic heterocycles. The van der Waals surface area contributed by atoms with Crippen LogP contribution in [0.15, 0.2) is 43.0 Å². The van der Waals surface area contributed by atoms with Gasteiger partial charge in [0.05, 0.1) is 6.61 Å². The van der Waals surface area contributed by atoms with E-state index in [0.29, 0.717) is 25.9 Å². The maximum Gasteiger partial charge on any atom is 0.416 e. The first-order valence-corrected chi connectivity index (χ1v) is 8.56. The van der Waals surface area contributed by atoms with E-state index >= 15 is 0 Å². The Morgan fingerprint density at radius 2 is 2.08 bits per heavy atom. The maximum atomic E-state index is 12.4. The highest BCUT2D eigenvalue weighted by atomic mass is 16.6. The van der Waals surface area contributed by atoms with Gasteiger partial charge in [0, 0.05) is 12.5 Å². The van der Waals surface area contributed by atoms with E-state index < -0.39 is 6.09 Å². The van der Waals surface area contributed by atoms with Crippen molar-refractivity contribution in [2.45, 2.75) is 52.0 Å². The molecule has 0 aromatic heterocycles. The number of ether oxygens (including phenoxy) is 1. The van der Waals surface area contributed by atoms with Crippen molar-refractivity contribution in [2.75, 3.05) is 6.61 Å². The summed E-state index contributed by atoms with van der Waals surface area (Å²) in [6, 6.07) is 9.83. The van der Waals surface area contributed by atoms with Gasteiger partial charge in [0.1, 0.15) is 0 Å². The smallest absolute Gasteiger partial charge is 0.416 e. The molecule has 0 aliphatic carbocycles. The molecular formula is C20H27NO3. The van der Waals surface area contributed by atoms with E-state index in [-0.39, 0.29) is 17.4 Å². The Bertz CT molecular complexity index is 580. The van der Waals surface area contributed by atoms with Gasteiger partial charge in [0.15, 0.2) is 0 Å². The summed E-state index contributed by atoms with van der Waals surface area (Å²) in [7, 11) is 0. The molecule has 24 heavy (non-hydrogen) atoms. The summed E-state index contributed by atoms with van der Waals surface area (Å²) in [5, 5.41) is 0. The minimum Gasteiger partial charge on any atom is -0.449 e. The van der Waals surface area contributed by atoms with Crippen LogP contribution in [0.25, 0.3) is 0 Å². The summed E-state index contributed by atoms with van der Waals surface area (Å²) in [5.41, 5.74) is 1.00. The number of nitrogens with zero attached hydrogens (tertiary/aromatic N) is 1. The number of carbonyl (C=O) groups excluding carboxylic acids is 2. The number of imide groups is 1. The van der Waals surface area contributed by atoms with Crippen LogP contribution in [-0.4, -0.2) is 29.5 Å². The van der Waals surface area contributed by atoms with Crippen molar-refractivity contribution in [3.05, 3.63) is 48.6 Å². The molecule has 4 heteroatoms. The number of hydrogen-bond acceptors (Lipinski definition) is 3. The Hall–Kier alpha value is -2.10. The minimum absolute atomic E-state index is 0.108. The summed E-state index contributed by atoms with van der Waals surface area (Å²) < 4.78 is 5.46. The third kappa shape index (κ3) is 4.95. The molecule has 1 saturated heterocycles. The van der Waals surface area contributed by atoms with E-state index in [1.165, 1.54) is 4.90 Å². The molecule has 4 nitrogen and oxygen atoms in total. The molecule has 1 aromatic carbocycles. The highest BCUT2D eigenvalue weighted by Gasteiger charge is 2.37. The Balaban J connectivity index is 1.95. The number of allylic oxidation sites excluding steroid dienone is 1. The molecule has 2 rings (SSSR count). The fourth-order valence-corrected chi connectivity index (χ4v) is 2.97. The molecule has 0 unspecified atom stereocenters. The summed E-state index contributed by atoms with van der Waals surface area (Å²) in [5.74, 6) is -0.134. The zero-order valence-corrected chi connectivity index (χ0v) is 14.7. The van der Waals surface area contributed by atoms with E-state index in [1.54, 1.807) is 0 Å². The fraction of sp³-hybridized carbons (Fsp3) is 0.500. The number of rotatable bonds is 7. The predicted molar refractivity (Wildman–Crippen MR) is 94.6 cm³/mol. The van der Waals surface area contributed by atoms with E-state index in [4.69, 9.17) is 4.74 Å². The van der Waals surface area contributed by atoms with E-state index in [9.17, 15) is 9.59 Å². The maximum absolute atomic E-state index is 12.4. The van der Waals surface area contributed by atoms with Gasteiger partial charge in [-0.15, -0.1) is 6.58 Å². The normalized spacial score (nSPS) is 17.8. The lowest BCUT2D eigenvalue weighted by molar-refractivity contribution is -0.127. The predicted octanol–water partition coefficient (Wildman–Crippen LogP) is 4.35. The average Bonchev–Trinajstić information content (AvgIpc) is 2.92. The molecule has 0 bridgehead atoms. The third-order valence-electron chi connectivity index (χ3n) is 4.45. The number of amides is 2. The van der Waals surface area contributed by atoms with Crippen molar-refractivity contribution in [3.8, 4) is 0 Å². The van der Waals surface area contributed by atoms with Gasteiger partial charge in [-0.2, -0.15) is 0 Å². The lowest BCUT2D eigenvalue weighted by Gasteiger charge is -2.27. The first-order chi connectivity index (χ1) is 11.4. The van der Waals surface area contributed by atoms with Gasteiger partial charge >= 0.3 is 6.09 Å². The van der Waals surface area contributed by atoms with Crippen LogP contribution < -0.4 is 0 Å². The van der Waals surface area contributed by atoms with Gasteiger partial charge in [0.2, 0.25) is 5.91 Å². The molecule has 0 spiro atoms. The second-order valence-corrected chi connectivity index (χ2v) is 7.19. The molecule has 1 heterocycles. The second kappa shape index (κ2) is 8.13. The van der Waals surface area contributed by atoms with Crippen LogP contribution in [-0.2, 0) is 16.0 Å². The van der Waals surface area contributed by atoms with Gasteiger partial charge in [0.25, 0.3) is 0 Å². The molecule has 0 N–H and O–H groups in total. The first-order valence-electron chi connectivity index (χ1n) is 8.56. The molecule has 1 fully saturated rings. The molecule has 130 valence electrons. The quantitative estimate of drug-likeness (QED) is 0.699. The zero-order valence-electron chi connectivity index (χ0n) is 14.7. The third-order valence-corrected chi connectivity index (χ3v) is 4.45. The van der Waals surface area contributed by atoms with Crippen molar-refractivity contribution in [1.29, 1.82) is 0 Å². The highest BCUT2D eigenvalue weighted by molar-refractivity contribution is 5.94. The summed E-state index contributed by atoms with van der Waals surface area (Å²) >= 11 is 0. The topological polar surface area (TPSA) is 46.6 Å². The summed E-state index contributed by atoms with van der Waals surface area (Å²) in [6.45, 7) is 8.13. The van der Waals surface area contributed by atoms with Gasteiger partial charge < -0.3 is 4.74 Å². The number of likely N-dealkylation sites (tertiary alicyclic amines) is 1. The molecular weight excluding hydrogens is 302 g/mol. The Morgan fingerprint density at radius 1 is 1.38 bits per heavy atom. The standard InChI is InChI=1S/C20H27NO3/c1-4-5-13-20(2,3)15-24-19(23)21-17(11-12-18(21)22)14-16-9-7-6-8-10-16/h4,6-10,17H,1,5,11-15H2,2-3H3/t17-/m0/s1. The molecule has 0 radical (unpaired) electrons. The van der Waals surface area contributed by atoms with Crippen LogP contribution in [0, 0.1) is 5.41 Å². The number of carbonyl (C=O) groups is 2. The number of benzene rings is 1. The minimum atomic E-state index is -0.509. The monoisotopic (exact) mass is 329 g/mol. The van der Waals surface area contributed by atoms with Crippen molar-refractivity contribution in [1.82, 2.24) is 4.90 Å². The van der Waals surface area contributed by atoms with Crippen molar-refractivity contribution < 1.29 is 14.3 Å². The molecule has 1 aliphatic rings. The molecule has 0 saturated carbocycles. The van der Waals surface area contributed by atoms with Crippen LogP contribution in [0.1, 0.15) is 45.1 Å². The number of hydrogen-bond donors (Lipinski definition) is 0. The van der Waals surface area contributed by atoms with Crippen LogP contribution in [0.3, 0.4) is 0 Å². The molecule has 1 atom stereocenters. The first kappa shape index (κ1) is 18.2. The average molecular weight is 329 g/mol. The molecule has 1 aromatic rings. The van der Waals surface area contributed by atoms with E-state index in [2.05, 4.69) is 20.4 Å². The van der Waals surface area contributed by atoms with Gasteiger partial charge in [-0.1, -0.05) is 50.3 Å². The summed E-state index contributed by atoms with van der Waals surface area (Å²) in [4.78, 5) is 25.9. The van der Waals surface area contributed by atoms with Gasteiger partial charge in [-0.05, 0) is 36.7 Å². The lowest BCUT2D eigenvalue weighted by atomic mass is 9.89. The Labute approximate surface area is 144 Å². The van der Waals surface area contributed by atoms with Crippen LogP contribution in [0.5, 0.6) is 0 Å². The van der Waals surface area contributed by atoms with E-state index in [1.807, 2.05) is 36.4 Å². The molecule has 2 amide bonds. The van der Waals surface area contributed by atoms with Crippen molar-refractivity contribution in [2.24, 2.45) is 5.41 Å². The largest absolute Gasteiger partial charge is 0.449 e. The Kier molecular flexibility index (Phi) is 6.18. The summed E-state index contributed by atoms with van der Waals surface area (Å²) in [6.07, 6.45) is 4.92. The highest BCUT2D eigenvalue weighted by Crippen LogP contribution is 2.26. The van der Waals surface area contributed by atoms with Crippen LogP contribution >= 0.6 is 0 Å². The van der Waals surface area contributed by atoms with Gasteiger partial charge in [-0.25, -0.2) is 9.69 Å². The van der Waals surface area contributed by atoms with Crippen molar-refractivity contribution in [3.63, 3.8) is 0 Å². The van der Waals surface area contributed by atoms with Gasteiger partial charge in [-0.3, -0.25) is 4.79 Å². The zero-order chi connectivity index (χ0) is 17.6. The van der Waals surface area contributed by atoms with Crippen LogP contribution in [0.4, 0.5) is 4.79 Å². The van der Waals surface area contributed by atoms with Crippen molar-refractivity contribution >= 4 is 12.0 Å². The Morgan fingerprint density at radius 3 is 2.75 bits per heavy atom. The fourth-order valence-electron chi connectivity index (χ4n) is 2.97. The second-order valence-electron chi connectivity index (χ2n) is 7.19. The van der Waals surface area contributed by atoms with E-state index in [0.717, 1.165) is 18.4 Å².